The van der Waals surface area contributed by atoms with Crippen LogP contribution in [0.25, 0.3) is 16.7 Å². The third-order valence-corrected chi connectivity index (χ3v) is 4.59. The van der Waals surface area contributed by atoms with E-state index < -0.39 is 12.1 Å². The van der Waals surface area contributed by atoms with E-state index in [0.29, 0.717) is 5.56 Å². The van der Waals surface area contributed by atoms with Crippen LogP contribution in [0.15, 0.2) is 48.5 Å². The fourth-order valence-corrected chi connectivity index (χ4v) is 3.15. The van der Waals surface area contributed by atoms with Crippen molar-refractivity contribution in [1.29, 1.82) is 0 Å². The van der Waals surface area contributed by atoms with Crippen molar-refractivity contribution in [3.8, 4) is 11.1 Å². The van der Waals surface area contributed by atoms with Gasteiger partial charge in [-0.1, -0.05) is 36.4 Å². The summed E-state index contributed by atoms with van der Waals surface area (Å²) in [6, 6.07) is 12.8. The number of aliphatic hydroxyl groups is 1. The molecule has 2 aromatic rings. The molecule has 0 unspecified atom stereocenters. The maximum atomic E-state index is 14.6. The first-order chi connectivity index (χ1) is 12.5. The monoisotopic (exact) mass is 354 g/mol. The molecule has 0 spiro atoms. The summed E-state index contributed by atoms with van der Waals surface area (Å²) in [4.78, 5) is 11.4. The Labute approximate surface area is 153 Å². The van der Waals surface area contributed by atoms with Gasteiger partial charge >= 0.3 is 5.97 Å². The number of esters is 1. The van der Waals surface area contributed by atoms with E-state index in [0.717, 1.165) is 41.5 Å². The third-order valence-electron chi connectivity index (χ3n) is 4.59. The number of ether oxygens (including phenoxy) is 1. The second-order valence-electron chi connectivity index (χ2n) is 6.65. The van der Waals surface area contributed by atoms with Crippen LogP contribution in [-0.2, 0) is 16.1 Å². The predicted octanol–water partition coefficient (Wildman–Crippen LogP) is 4.87. The first kappa shape index (κ1) is 18.3. The van der Waals surface area contributed by atoms with E-state index in [9.17, 15) is 14.3 Å². The molecule has 1 N–H and O–H groups in total. The molecule has 4 heteroatoms. The van der Waals surface area contributed by atoms with Gasteiger partial charge in [-0.15, -0.1) is 0 Å². The van der Waals surface area contributed by atoms with Gasteiger partial charge in [0.2, 0.25) is 0 Å². The Balaban J connectivity index is 1.78. The molecule has 0 saturated carbocycles. The Morgan fingerprint density at radius 3 is 2.69 bits per heavy atom. The van der Waals surface area contributed by atoms with E-state index in [-0.39, 0.29) is 12.4 Å². The topological polar surface area (TPSA) is 46.5 Å². The number of allylic oxidation sites excluding steroid dienone is 2. The van der Waals surface area contributed by atoms with Crippen LogP contribution < -0.4 is 0 Å². The van der Waals surface area contributed by atoms with Crippen molar-refractivity contribution >= 4 is 11.5 Å². The van der Waals surface area contributed by atoms with E-state index in [2.05, 4.69) is 6.08 Å². The number of hydrogen-bond donors (Lipinski definition) is 1. The summed E-state index contributed by atoms with van der Waals surface area (Å²) in [6.07, 6.45) is 5.23. The summed E-state index contributed by atoms with van der Waals surface area (Å²) in [7, 11) is 0. The van der Waals surface area contributed by atoms with Gasteiger partial charge < -0.3 is 9.84 Å². The summed E-state index contributed by atoms with van der Waals surface area (Å²) >= 11 is 0. The van der Waals surface area contributed by atoms with Crippen LogP contribution in [0.5, 0.6) is 0 Å². The van der Waals surface area contributed by atoms with Gasteiger partial charge in [0.05, 0.1) is 0 Å². The van der Waals surface area contributed by atoms with Gasteiger partial charge in [0, 0.05) is 5.56 Å². The molecule has 3 nitrogen and oxygen atoms in total. The Kier molecular flexibility index (Phi) is 5.84. The van der Waals surface area contributed by atoms with Crippen LogP contribution in [0, 0.1) is 5.82 Å². The minimum Gasteiger partial charge on any atom is -0.459 e. The van der Waals surface area contributed by atoms with Crippen molar-refractivity contribution in [1.82, 2.24) is 0 Å². The van der Waals surface area contributed by atoms with Crippen LogP contribution in [0.4, 0.5) is 4.39 Å². The molecular formula is C22H23FO3. The molecule has 0 radical (unpaired) electrons. The van der Waals surface area contributed by atoms with Gasteiger partial charge in [-0.25, -0.2) is 9.18 Å². The lowest BCUT2D eigenvalue weighted by Crippen LogP contribution is -2.18. The first-order valence-corrected chi connectivity index (χ1v) is 8.97. The maximum absolute atomic E-state index is 14.6. The van der Waals surface area contributed by atoms with Gasteiger partial charge in [0.1, 0.15) is 18.5 Å². The van der Waals surface area contributed by atoms with Gasteiger partial charge in [0.25, 0.3) is 0 Å². The molecule has 3 rings (SSSR count). The number of carbonyl (C=O) groups is 1. The van der Waals surface area contributed by atoms with Crippen molar-refractivity contribution in [3.05, 3.63) is 65.5 Å². The van der Waals surface area contributed by atoms with Crippen molar-refractivity contribution in [2.45, 2.75) is 45.3 Å². The van der Waals surface area contributed by atoms with Crippen LogP contribution in [-0.4, -0.2) is 17.2 Å². The first-order valence-electron chi connectivity index (χ1n) is 8.97. The minimum absolute atomic E-state index is 0.0744. The van der Waals surface area contributed by atoms with Gasteiger partial charge in [-0.3, -0.25) is 0 Å². The lowest BCUT2D eigenvalue weighted by molar-refractivity contribution is -0.153. The summed E-state index contributed by atoms with van der Waals surface area (Å²) in [5, 5.41) is 9.17. The van der Waals surface area contributed by atoms with Crippen LogP contribution in [0.1, 0.15) is 43.7 Å². The van der Waals surface area contributed by atoms with Gasteiger partial charge in [0.15, 0.2) is 0 Å². The zero-order valence-electron chi connectivity index (χ0n) is 14.9. The summed E-state index contributed by atoms with van der Waals surface area (Å²) in [5.74, 6) is -0.867. The lowest BCUT2D eigenvalue weighted by atomic mass is 9.92. The number of aliphatic hydroxyl groups excluding tert-OH is 1. The Morgan fingerprint density at radius 1 is 1.19 bits per heavy atom. The highest BCUT2D eigenvalue weighted by Crippen LogP contribution is 2.31. The number of hydrogen-bond acceptors (Lipinski definition) is 3. The second-order valence-corrected chi connectivity index (χ2v) is 6.65. The quantitative estimate of drug-likeness (QED) is 0.779. The van der Waals surface area contributed by atoms with Gasteiger partial charge in [-0.2, -0.15) is 0 Å². The highest BCUT2D eigenvalue weighted by molar-refractivity contribution is 5.74. The molecule has 0 bridgehead atoms. The lowest BCUT2D eigenvalue weighted by Gasteiger charge is -2.14. The average molecular weight is 354 g/mol. The zero-order valence-corrected chi connectivity index (χ0v) is 14.9. The highest BCUT2D eigenvalue weighted by Gasteiger charge is 2.13. The summed E-state index contributed by atoms with van der Waals surface area (Å²) < 4.78 is 19.7. The molecule has 0 fully saturated rings. The van der Waals surface area contributed by atoms with Crippen molar-refractivity contribution in [2.24, 2.45) is 0 Å². The van der Waals surface area contributed by atoms with E-state index in [4.69, 9.17) is 4.74 Å². The third kappa shape index (κ3) is 4.38. The molecule has 0 saturated heterocycles. The van der Waals surface area contributed by atoms with Crippen LogP contribution in [0.2, 0.25) is 0 Å². The molecule has 1 aliphatic rings. The van der Waals surface area contributed by atoms with Crippen LogP contribution >= 0.6 is 0 Å². The number of carbonyl (C=O) groups excluding carboxylic acids is 1. The number of rotatable bonds is 5. The zero-order chi connectivity index (χ0) is 18.5. The van der Waals surface area contributed by atoms with E-state index >= 15 is 0 Å². The molecule has 0 amide bonds. The number of benzene rings is 2. The van der Waals surface area contributed by atoms with Gasteiger partial charge in [-0.05, 0) is 67.0 Å². The maximum Gasteiger partial charge on any atom is 0.334 e. The van der Waals surface area contributed by atoms with Crippen molar-refractivity contribution in [2.75, 3.05) is 0 Å². The molecule has 0 aliphatic heterocycles. The van der Waals surface area contributed by atoms with Crippen molar-refractivity contribution in [3.63, 3.8) is 0 Å². The Hall–Kier alpha value is -2.46. The van der Waals surface area contributed by atoms with E-state index in [1.807, 2.05) is 36.4 Å². The molecule has 2 aromatic carbocycles. The predicted molar refractivity (Wildman–Crippen MR) is 99.8 cm³/mol. The Morgan fingerprint density at radius 2 is 2.00 bits per heavy atom. The average Bonchev–Trinajstić information content (AvgIpc) is 2.67. The standard InChI is InChI=1S/C22H23FO3/c1-15(24)22(25)26-14-16-6-5-9-18(12-16)19-10-11-20(21(23)13-19)17-7-3-2-4-8-17/h5-7,9-13,15,24H,2-4,8,14H2,1H3/t15-/m0/s1. The van der Waals surface area contributed by atoms with E-state index in [1.54, 1.807) is 6.07 Å². The largest absolute Gasteiger partial charge is 0.459 e. The summed E-state index contributed by atoms with van der Waals surface area (Å²) in [5.41, 5.74) is 4.22. The molecule has 26 heavy (non-hydrogen) atoms. The smallest absolute Gasteiger partial charge is 0.334 e. The summed E-state index contributed by atoms with van der Waals surface area (Å²) in [6.45, 7) is 1.44. The molecule has 136 valence electrons. The normalized spacial score (nSPS) is 15.3. The fourth-order valence-electron chi connectivity index (χ4n) is 3.15. The number of halogens is 1. The van der Waals surface area contributed by atoms with Crippen LogP contribution in [0.3, 0.4) is 0 Å². The molecule has 1 atom stereocenters. The van der Waals surface area contributed by atoms with E-state index in [1.165, 1.54) is 13.3 Å². The molecule has 0 heterocycles. The fraction of sp³-hybridized carbons (Fsp3) is 0.318. The van der Waals surface area contributed by atoms with Crippen molar-refractivity contribution < 1.29 is 19.0 Å². The Bertz CT molecular complexity index is 824. The molecular weight excluding hydrogens is 331 g/mol. The second kappa shape index (κ2) is 8.28. The minimum atomic E-state index is -1.14. The SMILES string of the molecule is C[C@H](O)C(=O)OCc1cccc(-c2ccc(C3=CCCCC3)c(F)c2)c1. The highest BCUT2D eigenvalue weighted by atomic mass is 19.1. The molecule has 0 aromatic heterocycles. The molecule has 1 aliphatic carbocycles.